The van der Waals surface area contributed by atoms with Crippen LogP contribution in [0.1, 0.15) is 27.2 Å². The summed E-state index contributed by atoms with van der Waals surface area (Å²) in [6, 6.07) is 0. The van der Waals surface area contributed by atoms with E-state index in [9.17, 15) is 25.3 Å². The first-order valence-electron chi connectivity index (χ1n) is 5.26. The van der Waals surface area contributed by atoms with Crippen LogP contribution in [0.5, 0.6) is 0 Å². The first-order chi connectivity index (χ1) is 8.10. The van der Waals surface area contributed by atoms with Crippen molar-refractivity contribution in [3.05, 3.63) is 20.2 Å². The highest BCUT2D eigenvalue weighted by molar-refractivity contribution is 4.83. The van der Waals surface area contributed by atoms with Crippen LogP contribution in [-0.2, 0) is 9.68 Å². The van der Waals surface area contributed by atoms with Gasteiger partial charge in [0, 0.05) is 5.41 Å². The van der Waals surface area contributed by atoms with E-state index in [1.165, 1.54) is 0 Å². The fourth-order valence-electron chi connectivity index (χ4n) is 1.80. The van der Waals surface area contributed by atoms with E-state index in [0.717, 1.165) is 0 Å². The topological polar surface area (TPSA) is 125 Å². The van der Waals surface area contributed by atoms with E-state index in [-0.39, 0.29) is 11.8 Å². The summed E-state index contributed by atoms with van der Waals surface area (Å²) in [6.07, 6.45) is 0.276. The van der Waals surface area contributed by atoms with Crippen LogP contribution in [0.4, 0.5) is 0 Å². The van der Waals surface area contributed by atoms with Gasteiger partial charge in [0.15, 0.2) is 0 Å². The average molecular weight is 266 g/mol. The molecule has 106 valence electrons. The highest BCUT2D eigenvalue weighted by Gasteiger charge is 2.37. The molecule has 0 aliphatic carbocycles. The molecule has 0 saturated carbocycles. The molecule has 0 aromatic rings. The molecule has 9 nitrogen and oxygen atoms in total. The average Bonchev–Trinajstić information content (AvgIpc) is 2.20. The molecule has 0 atom stereocenters. The normalized spacial score (nSPS) is 12.0. The minimum atomic E-state index is -1.18. The molecule has 0 saturated heterocycles. The lowest BCUT2D eigenvalue weighted by molar-refractivity contribution is -0.772. The molecule has 1 N–H and O–H groups in total. The first-order valence-corrected chi connectivity index (χ1v) is 5.26. The van der Waals surface area contributed by atoms with Crippen molar-refractivity contribution in [1.82, 2.24) is 0 Å². The van der Waals surface area contributed by atoms with Gasteiger partial charge < -0.3 is 14.8 Å². The second-order valence-corrected chi connectivity index (χ2v) is 5.39. The number of nitrogens with zero attached hydrogens (tertiary/aromatic N) is 2. The van der Waals surface area contributed by atoms with E-state index in [1.54, 1.807) is 0 Å². The fraction of sp³-hybridized carbons (Fsp3) is 1.00. The molecule has 0 heterocycles. The first kappa shape index (κ1) is 16.4. The van der Waals surface area contributed by atoms with Gasteiger partial charge in [0.05, 0.1) is 6.61 Å². The van der Waals surface area contributed by atoms with Crippen molar-refractivity contribution in [2.24, 2.45) is 10.8 Å². The van der Waals surface area contributed by atoms with E-state index in [0.29, 0.717) is 0 Å². The summed E-state index contributed by atoms with van der Waals surface area (Å²) in [5, 5.41) is 27.7. The quantitative estimate of drug-likeness (QED) is 0.509. The Hall–Kier alpha value is -1.64. The Bertz CT molecular complexity index is 282. The van der Waals surface area contributed by atoms with Crippen molar-refractivity contribution in [1.29, 1.82) is 0 Å². The maximum atomic E-state index is 10.2. The number of hydrogen-bond acceptors (Lipinski definition) is 7. The van der Waals surface area contributed by atoms with E-state index in [2.05, 4.69) is 9.68 Å². The van der Waals surface area contributed by atoms with Gasteiger partial charge in [-0.25, -0.2) is 0 Å². The molecule has 0 amide bonds. The molecule has 0 aromatic carbocycles. The predicted octanol–water partition coefficient (Wildman–Crippen LogP) is 0.818. The van der Waals surface area contributed by atoms with Crippen LogP contribution >= 0.6 is 0 Å². The Kier molecular flexibility index (Phi) is 5.76. The van der Waals surface area contributed by atoms with E-state index < -0.39 is 35.4 Å². The van der Waals surface area contributed by atoms with Gasteiger partial charge in [-0.1, -0.05) is 20.8 Å². The number of hydrogen-bond donors (Lipinski definition) is 1. The van der Waals surface area contributed by atoms with E-state index in [4.69, 9.17) is 0 Å². The molecule has 0 radical (unpaired) electrons. The molecule has 18 heavy (non-hydrogen) atoms. The van der Waals surface area contributed by atoms with Gasteiger partial charge >= 0.3 is 0 Å². The number of rotatable bonds is 8. The standard InChI is InChI=1S/C9H18N2O7/c1-8(2,3)4-9(5-12,6-17-10(13)14)7-18-11(15)16/h12H,4-7H2,1-3H3. The molecule has 0 fully saturated rings. The number of aliphatic hydroxyl groups is 1. The zero-order valence-corrected chi connectivity index (χ0v) is 10.6. The maximum Gasteiger partial charge on any atom is 0.294 e. The lowest BCUT2D eigenvalue weighted by Crippen LogP contribution is -2.40. The molecule has 0 spiro atoms. The zero-order valence-electron chi connectivity index (χ0n) is 10.6. The molecule has 0 bridgehead atoms. The Labute approximate surface area is 104 Å². The highest BCUT2D eigenvalue weighted by Crippen LogP contribution is 2.34. The van der Waals surface area contributed by atoms with E-state index >= 15 is 0 Å². The summed E-state index contributed by atoms with van der Waals surface area (Å²) >= 11 is 0. The van der Waals surface area contributed by atoms with Crippen molar-refractivity contribution in [3.8, 4) is 0 Å². The Morgan fingerprint density at radius 3 is 1.67 bits per heavy atom. The molecule has 0 rings (SSSR count). The van der Waals surface area contributed by atoms with Crippen LogP contribution < -0.4 is 0 Å². The minimum absolute atomic E-state index is 0.276. The fourth-order valence-corrected chi connectivity index (χ4v) is 1.80. The Morgan fingerprint density at radius 1 is 1.06 bits per heavy atom. The molecule has 0 aliphatic heterocycles. The van der Waals surface area contributed by atoms with Gasteiger partial charge in [-0.3, -0.25) is 0 Å². The zero-order chi connectivity index (χ0) is 14.4. The van der Waals surface area contributed by atoms with Gasteiger partial charge in [0.2, 0.25) is 0 Å². The summed E-state index contributed by atoms with van der Waals surface area (Å²) in [5.74, 6) is 0. The van der Waals surface area contributed by atoms with Crippen LogP contribution in [0.25, 0.3) is 0 Å². The van der Waals surface area contributed by atoms with Crippen LogP contribution in [0.2, 0.25) is 0 Å². The summed E-state index contributed by atoms with van der Waals surface area (Å²) in [5.41, 5.74) is -1.49. The summed E-state index contributed by atoms with van der Waals surface area (Å²) in [6.45, 7) is 4.11. The Balaban J connectivity index is 4.81. The van der Waals surface area contributed by atoms with Crippen molar-refractivity contribution >= 4 is 0 Å². The van der Waals surface area contributed by atoms with Gasteiger partial charge in [-0.2, -0.15) is 0 Å². The SMILES string of the molecule is CC(C)(C)CC(CO)(CO[N+](=O)[O-])CO[N+](=O)[O-]. The van der Waals surface area contributed by atoms with Crippen LogP contribution in [0.3, 0.4) is 0 Å². The predicted molar refractivity (Wildman–Crippen MR) is 59.5 cm³/mol. The number of aliphatic hydroxyl groups excluding tert-OH is 1. The highest BCUT2D eigenvalue weighted by atomic mass is 17.0. The second kappa shape index (κ2) is 6.34. The van der Waals surface area contributed by atoms with Crippen molar-refractivity contribution in [3.63, 3.8) is 0 Å². The van der Waals surface area contributed by atoms with Crippen molar-refractivity contribution in [2.45, 2.75) is 27.2 Å². The molecule has 0 aliphatic rings. The smallest absolute Gasteiger partial charge is 0.294 e. The summed E-state index contributed by atoms with van der Waals surface area (Å²) < 4.78 is 0. The third-order valence-corrected chi connectivity index (χ3v) is 2.19. The maximum absolute atomic E-state index is 10.2. The molecule has 0 aromatic heterocycles. The summed E-state index contributed by atoms with van der Waals surface area (Å²) in [4.78, 5) is 28.9. The van der Waals surface area contributed by atoms with Crippen molar-refractivity contribution < 1.29 is 25.0 Å². The third kappa shape index (κ3) is 6.84. The molecular weight excluding hydrogens is 248 g/mol. The van der Waals surface area contributed by atoms with Crippen LogP contribution in [0.15, 0.2) is 0 Å². The van der Waals surface area contributed by atoms with Gasteiger partial charge in [0.1, 0.15) is 13.2 Å². The largest absolute Gasteiger partial charge is 0.396 e. The van der Waals surface area contributed by atoms with E-state index in [1.807, 2.05) is 20.8 Å². The molecule has 0 unspecified atom stereocenters. The monoisotopic (exact) mass is 266 g/mol. The van der Waals surface area contributed by atoms with Gasteiger partial charge in [-0.05, 0) is 11.8 Å². The van der Waals surface area contributed by atoms with Gasteiger partial charge in [0.25, 0.3) is 10.2 Å². The molecular formula is C9H18N2O7. The third-order valence-electron chi connectivity index (χ3n) is 2.19. The van der Waals surface area contributed by atoms with Crippen LogP contribution in [-0.4, -0.2) is 35.1 Å². The minimum Gasteiger partial charge on any atom is -0.396 e. The molecule has 9 heteroatoms. The van der Waals surface area contributed by atoms with Crippen LogP contribution in [0, 0.1) is 31.1 Å². The second-order valence-electron chi connectivity index (χ2n) is 5.39. The van der Waals surface area contributed by atoms with Gasteiger partial charge in [-0.15, -0.1) is 20.2 Å². The van der Waals surface area contributed by atoms with Crippen molar-refractivity contribution in [2.75, 3.05) is 19.8 Å². The lowest BCUT2D eigenvalue weighted by Gasteiger charge is -2.35. The summed E-state index contributed by atoms with van der Waals surface area (Å²) in [7, 11) is 0. The Morgan fingerprint density at radius 2 is 1.44 bits per heavy atom. The lowest BCUT2D eigenvalue weighted by atomic mass is 9.75.